The number of ether oxygens (including phenoxy) is 1. The van der Waals surface area contributed by atoms with Crippen LogP contribution >= 0.6 is 0 Å². The standard InChI is InChI=1S/C29H38N4O3/c1-20-10-6-9-15-26(20)36-28(35)33-29(2,17-22-19-31-25-14-8-7-13-24(22)25)27(34)32-23(18-30)16-21-11-4-3-5-12-21/h3-5,7-8,11-14,19-20,23,26,31H,6,9-10,15-18,30H2,1-2H3,(H,32,34)(H,33,35)/t20-,23-,26-,29+/m0/s1. The Bertz CT molecular complexity index is 1160. The highest BCUT2D eigenvalue weighted by molar-refractivity contribution is 5.91. The highest BCUT2D eigenvalue weighted by Gasteiger charge is 2.38. The third-order valence-electron chi connectivity index (χ3n) is 7.33. The number of aromatic nitrogens is 1. The fourth-order valence-corrected chi connectivity index (χ4v) is 5.13. The lowest BCUT2D eigenvalue weighted by Gasteiger charge is -2.33. The van der Waals surface area contributed by atoms with Crippen molar-refractivity contribution in [2.75, 3.05) is 6.54 Å². The molecule has 192 valence electrons. The van der Waals surface area contributed by atoms with Crippen molar-refractivity contribution in [3.63, 3.8) is 0 Å². The van der Waals surface area contributed by atoms with Crippen molar-refractivity contribution in [3.8, 4) is 0 Å². The number of alkyl carbamates (subject to hydrolysis) is 1. The molecule has 1 aliphatic rings. The lowest BCUT2D eigenvalue weighted by molar-refractivity contribution is -0.127. The van der Waals surface area contributed by atoms with Gasteiger partial charge in [0.25, 0.3) is 0 Å². The molecule has 0 aliphatic heterocycles. The van der Waals surface area contributed by atoms with Gasteiger partial charge in [-0.3, -0.25) is 4.79 Å². The third-order valence-corrected chi connectivity index (χ3v) is 7.33. The van der Waals surface area contributed by atoms with Gasteiger partial charge in [-0.05, 0) is 55.7 Å². The molecule has 1 fully saturated rings. The number of nitrogens with two attached hydrogens (primary N) is 1. The van der Waals surface area contributed by atoms with Gasteiger partial charge in [0.2, 0.25) is 5.91 Å². The van der Waals surface area contributed by atoms with Crippen LogP contribution in [0, 0.1) is 5.92 Å². The molecule has 2 amide bonds. The van der Waals surface area contributed by atoms with Crippen LogP contribution in [0.3, 0.4) is 0 Å². The van der Waals surface area contributed by atoms with E-state index in [-0.39, 0.29) is 24.6 Å². The Balaban J connectivity index is 1.54. The first kappa shape index (κ1) is 25.8. The molecule has 4 rings (SSSR count). The van der Waals surface area contributed by atoms with E-state index in [9.17, 15) is 9.59 Å². The largest absolute Gasteiger partial charge is 0.446 e. The minimum atomic E-state index is -1.23. The maximum absolute atomic E-state index is 13.7. The van der Waals surface area contributed by atoms with Crippen molar-refractivity contribution in [2.24, 2.45) is 11.7 Å². The minimum Gasteiger partial charge on any atom is -0.446 e. The number of H-pyrrole nitrogens is 1. The summed E-state index contributed by atoms with van der Waals surface area (Å²) >= 11 is 0. The van der Waals surface area contributed by atoms with E-state index in [1.54, 1.807) is 6.92 Å². The summed E-state index contributed by atoms with van der Waals surface area (Å²) in [5.41, 5.74) is 7.82. The van der Waals surface area contributed by atoms with Gasteiger partial charge in [-0.25, -0.2) is 4.79 Å². The Morgan fingerprint density at radius 2 is 1.83 bits per heavy atom. The summed E-state index contributed by atoms with van der Waals surface area (Å²) in [7, 11) is 0. The topological polar surface area (TPSA) is 109 Å². The Labute approximate surface area is 213 Å². The summed E-state index contributed by atoms with van der Waals surface area (Å²) in [6.45, 7) is 4.16. The normalized spacial score (nSPS) is 20.3. The number of rotatable bonds is 9. The third kappa shape index (κ3) is 6.26. The number of nitrogens with one attached hydrogen (secondary N) is 3. The van der Waals surface area contributed by atoms with E-state index in [0.717, 1.165) is 47.7 Å². The number of aromatic amines is 1. The Morgan fingerprint density at radius 1 is 1.11 bits per heavy atom. The molecule has 3 aromatic rings. The van der Waals surface area contributed by atoms with E-state index in [1.165, 1.54) is 0 Å². The van der Waals surface area contributed by atoms with Crippen LogP contribution < -0.4 is 16.4 Å². The van der Waals surface area contributed by atoms with Gasteiger partial charge in [0, 0.05) is 36.1 Å². The summed E-state index contributed by atoms with van der Waals surface area (Å²) < 4.78 is 5.82. The molecule has 1 saturated carbocycles. The summed E-state index contributed by atoms with van der Waals surface area (Å²) in [5.74, 6) is 0.0264. The van der Waals surface area contributed by atoms with Gasteiger partial charge in [0.05, 0.1) is 0 Å². The zero-order valence-electron chi connectivity index (χ0n) is 21.3. The average Bonchev–Trinajstić information content (AvgIpc) is 3.28. The van der Waals surface area contributed by atoms with Gasteiger partial charge in [-0.15, -0.1) is 0 Å². The second-order valence-corrected chi connectivity index (χ2v) is 10.3. The highest BCUT2D eigenvalue weighted by Crippen LogP contribution is 2.27. The van der Waals surface area contributed by atoms with Gasteiger partial charge in [0.15, 0.2) is 0 Å². The quantitative estimate of drug-likeness (QED) is 0.355. The minimum absolute atomic E-state index is 0.131. The monoisotopic (exact) mass is 490 g/mol. The molecule has 7 nitrogen and oxygen atoms in total. The molecule has 0 spiro atoms. The van der Waals surface area contributed by atoms with Gasteiger partial charge in [0.1, 0.15) is 11.6 Å². The van der Waals surface area contributed by atoms with Crippen molar-refractivity contribution in [1.82, 2.24) is 15.6 Å². The maximum atomic E-state index is 13.7. The second kappa shape index (κ2) is 11.6. The number of amides is 2. The summed E-state index contributed by atoms with van der Waals surface area (Å²) in [6, 6.07) is 17.6. The number of carbonyl (C=O) groups excluding carboxylic acids is 2. The summed E-state index contributed by atoms with van der Waals surface area (Å²) in [6.07, 6.45) is 6.23. The Hall–Kier alpha value is -3.32. The van der Waals surface area contributed by atoms with Crippen molar-refractivity contribution in [2.45, 2.75) is 70.1 Å². The van der Waals surface area contributed by atoms with Crippen LogP contribution in [0.1, 0.15) is 50.7 Å². The van der Waals surface area contributed by atoms with Gasteiger partial charge < -0.3 is 26.1 Å². The van der Waals surface area contributed by atoms with Crippen molar-refractivity contribution >= 4 is 22.9 Å². The molecule has 0 saturated heterocycles. The molecule has 1 heterocycles. The molecule has 1 aromatic heterocycles. The first-order valence-corrected chi connectivity index (χ1v) is 13.0. The molecule has 0 bridgehead atoms. The zero-order chi connectivity index (χ0) is 25.5. The molecule has 5 N–H and O–H groups in total. The van der Waals surface area contributed by atoms with E-state index in [1.807, 2.05) is 60.8 Å². The number of hydrogen-bond donors (Lipinski definition) is 4. The first-order valence-electron chi connectivity index (χ1n) is 13.0. The number of para-hydroxylation sites is 1. The highest BCUT2D eigenvalue weighted by atomic mass is 16.6. The lowest BCUT2D eigenvalue weighted by atomic mass is 9.88. The van der Waals surface area contributed by atoms with Gasteiger partial charge >= 0.3 is 6.09 Å². The first-order chi connectivity index (χ1) is 17.4. The van der Waals surface area contributed by atoms with E-state index >= 15 is 0 Å². The summed E-state index contributed by atoms with van der Waals surface area (Å²) in [4.78, 5) is 30.1. The van der Waals surface area contributed by atoms with Crippen LogP contribution in [0.15, 0.2) is 60.8 Å². The number of hydrogen-bond acceptors (Lipinski definition) is 4. The fourth-order valence-electron chi connectivity index (χ4n) is 5.13. The molecule has 2 aromatic carbocycles. The molecule has 0 unspecified atom stereocenters. The van der Waals surface area contributed by atoms with Crippen molar-refractivity contribution < 1.29 is 14.3 Å². The van der Waals surface area contributed by atoms with E-state index in [0.29, 0.717) is 18.8 Å². The summed E-state index contributed by atoms with van der Waals surface area (Å²) in [5, 5.41) is 7.04. The van der Waals surface area contributed by atoms with Crippen LogP contribution in [0.25, 0.3) is 10.9 Å². The Kier molecular flexibility index (Phi) is 8.31. The number of carbonyl (C=O) groups is 2. The average molecular weight is 491 g/mol. The molecule has 7 heteroatoms. The van der Waals surface area contributed by atoms with Crippen molar-refractivity contribution in [3.05, 3.63) is 71.9 Å². The van der Waals surface area contributed by atoms with E-state index in [2.05, 4.69) is 22.5 Å². The lowest BCUT2D eigenvalue weighted by Crippen LogP contribution is -2.61. The molecular formula is C29H38N4O3. The molecular weight excluding hydrogens is 452 g/mol. The maximum Gasteiger partial charge on any atom is 0.408 e. The Morgan fingerprint density at radius 3 is 2.58 bits per heavy atom. The van der Waals surface area contributed by atoms with E-state index < -0.39 is 11.6 Å². The second-order valence-electron chi connectivity index (χ2n) is 10.3. The number of fused-ring (bicyclic) bond motifs is 1. The smallest absolute Gasteiger partial charge is 0.408 e. The molecule has 1 aliphatic carbocycles. The fraction of sp³-hybridized carbons (Fsp3) is 0.448. The van der Waals surface area contributed by atoms with Gasteiger partial charge in [-0.1, -0.05) is 61.9 Å². The van der Waals surface area contributed by atoms with Crippen LogP contribution in [0.5, 0.6) is 0 Å². The van der Waals surface area contributed by atoms with Crippen LogP contribution in [-0.2, 0) is 22.4 Å². The molecule has 0 radical (unpaired) electrons. The zero-order valence-corrected chi connectivity index (χ0v) is 21.3. The molecule has 4 atom stereocenters. The van der Waals surface area contributed by atoms with Gasteiger partial charge in [-0.2, -0.15) is 0 Å². The van der Waals surface area contributed by atoms with Crippen LogP contribution in [0.2, 0.25) is 0 Å². The predicted molar refractivity (Wildman–Crippen MR) is 143 cm³/mol. The SMILES string of the molecule is C[C@H]1CCCC[C@@H]1OC(=O)N[C@](C)(Cc1c[nH]c2ccccc12)C(=O)N[C@H](CN)Cc1ccccc1. The van der Waals surface area contributed by atoms with Crippen molar-refractivity contribution in [1.29, 1.82) is 0 Å². The predicted octanol–water partition coefficient (Wildman–Crippen LogP) is 4.46. The van der Waals surface area contributed by atoms with Crippen LogP contribution in [-0.4, -0.2) is 41.2 Å². The van der Waals surface area contributed by atoms with Crippen LogP contribution in [0.4, 0.5) is 4.79 Å². The van der Waals surface area contributed by atoms with E-state index in [4.69, 9.17) is 10.5 Å². The molecule has 36 heavy (non-hydrogen) atoms. The number of benzene rings is 2.